The molecule has 1 aromatic carbocycles. The zero-order valence-electron chi connectivity index (χ0n) is 7.58. The van der Waals surface area contributed by atoms with Gasteiger partial charge in [-0.2, -0.15) is 0 Å². The first-order chi connectivity index (χ1) is 7.24. The first kappa shape index (κ1) is 9.26. The summed E-state index contributed by atoms with van der Waals surface area (Å²) in [5, 5.41) is 2.76. The molecule has 5 nitrogen and oxygen atoms in total. The molecule has 0 bridgehead atoms. The van der Waals surface area contributed by atoms with Crippen LogP contribution in [0.15, 0.2) is 41.6 Å². The summed E-state index contributed by atoms with van der Waals surface area (Å²) >= 11 is 0. The van der Waals surface area contributed by atoms with Crippen molar-refractivity contribution in [2.24, 2.45) is 5.18 Å². The standard InChI is InChI=1S/C10H6N2O3/c13-9-5-6-10(14)12(9)8-4-2-1-3-7(8)11-15/h1-6H. The minimum Gasteiger partial charge on any atom is -0.269 e. The summed E-state index contributed by atoms with van der Waals surface area (Å²) in [6.45, 7) is 0. The third kappa shape index (κ3) is 1.43. The number of anilines is 1. The van der Waals surface area contributed by atoms with E-state index in [1.807, 2.05) is 0 Å². The molecule has 0 N–H and O–H groups in total. The molecule has 0 saturated carbocycles. The lowest BCUT2D eigenvalue weighted by Crippen LogP contribution is -2.29. The Morgan fingerprint density at radius 1 is 1.00 bits per heavy atom. The van der Waals surface area contributed by atoms with Crippen molar-refractivity contribution in [3.63, 3.8) is 0 Å². The number of nitroso groups, excluding NO2 is 1. The van der Waals surface area contributed by atoms with E-state index >= 15 is 0 Å². The van der Waals surface area contributed by atoms with Gasteiger partial charge in [-0.3, -0.25) is 9.59 Å². The molecule has 0 aliphatic carbocycles. The van der Waals surface area contributed by atoms with Crippen LogP contribution in [0.1, 0.15) is 0 Å². The number of hydrogen-bond donors (Lipinski definition) is 0. The number of nitrogens with zero attached hydrogens (tertiary/aromatic N) is 2. The van der Waals surface area contributed by atoms with Crippen LogP contribution in [0.2, 0.25) is 0 Å². The van der Waals surface area contributed by atoms with Gasteiger partial charge < -0.3 is 0 Å². The van der Waals surface area contributed by atoms with Crippen molar-refractivity contribution in [3.8, 4) is 0 Å². The maximum atomic E-state index is 11.3. The first-order valence-electron chi connectivity index (χ1n) is 4.22. The Kier molecular flexibility index (Phi) is 2.13. The number of benzene rings is 1. The molecule has 2 amide bonds. The van der Waals surface area contributed by atoms with Gasteiger partial charge in [0, 0.05) is 12.2 Å². The van der Waals surface area contributed by atoms with Crippen molar-refractivity contribution in [2.75, 3.05) is 4.90 Å². The van der Waals surface area contributed by atoms with Crippen molar-refractivity contribution >= 4 is 23.2 Å². The van der Waals surface area contributed by atoms with Gasteiger partial charge in [0.1, 0.15) is 5.69 Å². The first-order valence-corrected chi connectivity index (χ1v) is 4.22. The Morgan fingerprint density at radius 2 is 1.60 bits per heavy atom. The molecule has 0 radical (unpaired) electrons. The highest BCUT2D eigenvalue weighted by molar-refractivity contribution is 6.28. The van der Waals surface area contributed by atoms with E-state index in [1.54, 1.807) is 12.1 Å². The normalized spacial score (nSPS) is 14.8. The minimum absolute atomic E-state index is 0.0721. The van der Waals surface area contributed by atoms with Crippen LogP contribution < -0.4 is 4.90 Å². The number of rotatable bonds is 2. The third-order valence-electron chi connectivity index (χ3n) is 2.03. The van der Waals surface area contributed by atoms with E-state index in [-0.39, 0.29) is 11.4 Å². The molecule has 2 rings (SSSR count). The minimum atomic E-state index is -0.462. The van der Waals surface area contributed by atoms with Gasteiger partial charge in [0.05, 0.1) is 5.69 Å². The molecule has 0 fully saturated rings. The van der Waals surface area contributed by atoms with Crippen LogP contribution in [-0.4, -0.2) is 11.8 Å². The Hall–Kier alpha value is -2.30. The molecule has 74 valence electrons. The second kappa shape index (κ2) is 3.45. The summed E-state index contributed by atoms with van der Waals surface area (Å²) in [5.74, 6) is -0.924. The Morgan fingerprint density at radius 3 is 2.20 bits per heavy atom. The number of amides is 2. The van der Waals surface area contributed by atoms with Gasteiger partial charge in [-0.1, -0.05) is 12.1 Å². The topological polar surface area (TPSA) is 66.8 Å². The van der Waals surface area contributed by atoms with Crippen LogP contribution >= 0.6 is 0 Å². The van der Waals surface area contributed by atoms with Crippen LogP contribution in [0.4, 0.5) is 11.4 Å². The summed E-state index contributed by atoms with van der Waals surface area (Å²) in [5.41, 5.74) is 0.287. The molecule has 1 aliphatic heterocycles. The summed E-state index contributed by atoms with van der Waals surface area (Å²) in [7, 11) is 0. The summed E-state index contributed by atoms with van der Waals surface area (Å²) in [6, 6.07) is 6.18. The number of carbonyl (C=O) groups excluding carboxylic acids is 2. The molecule has 0 saturated heterocycles. The largest absolute Gasteiger partial charge is 0.269 e. The lowest BCUT2D eigenvalue weighted by atomic mass is 10.2. The van der Waals surface area contributed by atoms with Crippen molar-refractivity contribution in [1.82, 2.24) is 0 Å². The van der Waals surface area contributed by atoms with Crippen LogP contribution in [0.25, 0.3) is 0 Å². The third-order valence-corrected chi connectivity index (χ3v) is 2.03. The van der Waals surface area contributed by atoms with Crippen LogP contribution in [0.5, 0.6) is 0 Å². The van der Waals surface area contributed by atoms with Crippen molar-refractivity contribution in [3.05, 3.63) is 41.3 Å². The fraction of sp³-hybridized carbons (Fsp3) is 0. The molecule has 0 atom stereocenters. The molecule has 1 heterocycles. The zero-order valence-corrected chi connectivity index (χ0v) is 7.58. The monoisotopic (exact) mass is 202 g/mol. The van der Waals surface area contributed by atoms with Gasteiger partial charge in [-0.05, 0) is 17.3 Å². The van der Waals surface area contributed by atoms with E-state index in [9.17, 15) is 14.5 Å². The number of imide groups is 1. The average Bonchev–Trinajstić information content (AvgIpc) is 2.59. The number of carbonyl (C=O) groups is 2. The highest BCUT2D eigenvalue weighted by atomic mass is 16.3. The average molecular weight is 202 g/mol. The molecule has 0 spiro atoms. The zero-order chi connectivity index (χ0) is 10.8. The van der Waals surface area contributed by atoms with Crippen LogP contribution in [0, 0.1) is 4.91 Å². The van der Waals surface area contributed by atoms with Gasteiger partial charge in [0.2, 0.25) is 0 Å². The molecule has 15 heavy (non-hydrogen) atoms. The molecule has 1 aromatic rings. The lowest BCUT2D eigenvalue weighted by Gasteiger charge is -2.14. The molecule has 5 heteroatoms. The Balaban J connectivity index is 2.50. The summed E-state index contributed by atoms with van der Waals surface area (Å²) in [4.78, 5) is 34.0. The van der Waals surface area contributed by atoms with Crippen molar-refractivity contribution in [1.29, 1.82) is 0 Å². The van der Waals surface area contributed by atoms with Crippen molar-refractivity contribution < 1.29 is 9.59 Å². The molecular weight excluding hydrogens is 196 g/mol. The SMILES string of the molecule is O=Nc1ccccc1N1C(=O)C=CC1=O. The Labute approximate surface area is 85.0 Å². The highest BCUT2D eigenvalue weighted by Crippen LogP contribution is 2.29. The smallest absolute Gasteiger partial charge is 0.258 e. The summed E-state index contributed by atoms with van der Waals surface area (Å²) < 4.78 is 0. The van der Waals surface area contributed by atoms with Crippen LogP contribution in [0.3, 0.4) is 0 Å². The van der Waals surface area contributed by atoms with E-state index in [4.69, 9.17) is 0 Å². The van der Waals surface area contributed by atoms with Gasteiger partial charge in [0.25, 0.3) is 11.8 Å². The maximum absolute atomic E-state index is 11.3. The quantitative estimate of drug-likeness (QED) is 0.539. The molecule has 0 aromatic heterocycles. The van der Waals surface area contributed by atoms with Crippen molar-refractivity contribution in [2.45, 2.75) is 0 Å². The molecule has 1 aliphatic rings. The summed E-state index contributed by atoms with van der Waals surface area (Å²) in [6.07, 6.45) is 2.31. The highest BCUT2D eigenvalue weighted by Gasteiger charge is 2.27. The fourth-order valence-electron chi connectivity index (χ4n) is 1.37. The second-order valence-corrected chi connectivity index (χ2v) is 2.93. The Bertz CT molecular complexity index is 461. The van der Waals surface area contributed by atoms with Crippen LogP contribution in [-0.2, 0) is 9.59 Å². The fourth-order valence-corrected chi connectivity index (χ4v) is 1.37. The predicted octanol–water partition coefficient (Wildman–Crippen LogP) is 1.51. The van der Waals surface area contributed by atoms with Gasteiger partial charge in [-0.15, -0.1) is 4.91 Å². The predicted molar refractivity (Wildman–Crippen MR) is 53.5 cm³/mol. The van der Waals surface area contributed by atoms with E-state index < -0.39 is 11.8 Å². The lowest BCUT2D eigenvalue weighted by molar-refractivity contribution is -0.119. The van der Waals surface area contributed by atoms with Gasteiger partial charge in [0.15, 0.2) is 0 Å². The second-order valence-electron chi connectivity index (χ2n) is 2.93. The maximum Gasteiger partial charge on any atom is 0.258 e. The molecule has 0 unspecified atom stereocenters. The van der Waals surface area contributed by atoms with E-state index in [2.05, 4.69) is 5.18 Å². The number of para-hydroxylation sites is 1. The van der Waals surface area contributed by atoms with Gasteiger partial charge >= 0.3 is 0 Å². The number of hydrogen-bond acceptors (Lipinski definition) is 4. The van der Waals surface area contributed by atoms with Gasteiger partial charge in [-0.25, -0.2) is 4.90 Å². The van der Waals surface area contributed by atoms with E-state index in [1.165, 1.54) is 12.1 Å². The molecular formula is C10H6N2O3. The van der Waals surface area contributed by atoms with E-state index in [0.29, 0.717) is 0 Å². The van der Waals surface area contributed by atoms with E-state index in [0.717, 1.165) is 17.1 Å².